The molecule has 4 atom stereocenters. The summed E-state index contributed by atoms with van der Waals surface area (Å²) in [5.74, 6) is -1.89. The number of carboxylic acids is 1. The number of likely N-dealkylation sites (N-methyl/N-ethyl adjacent to an activating group) is 1. The molecule has 368 valence electrons. The second kappa shape index (κ2) is 21.6. The van der Waals surface area contributed by atoms with Crippen LogP contribution < -0.4 is 5.32 Å². The Morgan fingerprint density at radius 3 is 1.90 bits per heavy atom. The number of amides is 4. The first-order valence-electron chi connectivity index (χ1n) is 22.7. The summed E-state index contributed by atoms with van der Waals surface area (Å²) in [5.41, 5.74) is 7.51. The number of carboxylic acid groups (broad SMARTS) is 2. The number of aliphatic carboxylic acids is 1. The summed E-state index contributed by atoms with van der Waals surface area (Å²) in [4.78, 5) is 91.1. The van der Waals surface area contributed by atoms with E-state index in [0.717, 1.165) is 75.4 Å². The fourth-order valence-corrected chi connectivity index (χ4v) is 8.71. The number of nitrogens with one attached hydrogen (secondary N) is 3. The van der Waals surface area contributed by atoms with Crippen molar-refractivity contribution in [3.8, 4) is 33.8 Å². The summed E-state index contributed by atoms with van der Waals surface area (Å²) in [6.45, 7) is 4.89. The Morgan fingerprint density at radius 1 is 0.786 bits per heavy atom. The topological polar surface area (TPSA) is 240 Å². The van der Waals surface area contributed by atoms with Crippen molar-refractivity contribution in [2.24, 2.45) is 5.92 Å². The van der Waals surface area contributed by atoms with Crippen molar-refractivity contribution in [3.63, 3.8) is 0 Å². The number of likely N-dealkylation sites (tertiary alicyclic amines) is 2. The van der Waals surface area contributed by atoms with Crippen molar-refractivity contribution in [3.05, 3.63) is 109 Å². The number of fused-ring (bicyclic) bond motifs is 1. The number of imidazole rings is 2. The van der Waals surface area contributed by atoms with Crippen molar-refractivity contribution < 1.29 is 52.1 Å². The van der Waals surface area contributed by atoms with E-state index in [1.807, 2.05) is 86.6 Å². The van der Waals surface area contributed by atoms with Crippen LogP contribution in [0.3, 0.4) is 0 Å². The molecule has 8 rings (SSSR count). The van der Waals surface area contributed by atoms with Gasteiger partial charge in [0.2, 0.25) is 11.8 Å². The first kappa shape index (κ1) is 50.0. The maximum Gasteiger partial charge on any atom is 0.490 e. The minimum absolute atomic E-state index is 0.119. The number of hydrogen-bond donors (Lipinski definition) is 5. The summed E-state index contributed by atoms with van der Waals surface area (Å²) in [6, 6.07) is 21.6. The smallest absolute Gasteiger partial charge is 0.475 e. The van der Waals surface area contributed by atoms with Crippen LogP contribution in [0.4, 0.5) is 22.8 Å². The number of carbonyl (C=O) groups is 5. The largest absolute Gasteiger partial charge is 0.490 e. The number of alkyl halides is 3. The van der Waals surface area contributed by atoms with Crippen LogP contribution in [0.2, 0.25) is 0 Å². The molecule has 2 fully saturated rings. The molecule has 5 N–H and O–H groups in total. The standard InChI is InChI=1S/C47H52N10O6.C2HF3O2/c1-28(2)41(54-46(60)63-4)45(59)57-23-9-13-39(57)43-49-26-36(52-43)31-17-15-30(16-18-31)35-25-48-34-24-32(19-20-33(34)51-35)37-27-50-42(53-37)38-12-8-22-56(38)44(58)40(55(3)47(61)62)21-14-29-10-6-5-7-11-29;3-2(4,5)1(6)7/h5-7,10-11,15-20,24-28,38-41H,8-9,12-14,21-23H2,1-4H3,(H,49,52)(H,50,53)(H,54,60)(H,61,62);(H,6,7)/t38-,39-,40-,41-;/m0./s1. The average Bonchev–Trinajstić information content (AvgIpc) is 4.20. The van der Waals surface area contributed by atoms with Gasteiger partial charge in [0.15, 0.2) is 0 Å². The highest BCUT2D eigenvalue weighted by atomic mass is 19.4. The molecule has 2 saturated heterocycles. The molecule has 3 aromatic carbocycles. The van der Waals surface area contributed by atoms with Gasteiger partial charge in [-0.25, -0.2) is 29.3 Å². The number of benzene rings is 3. The lowest BCUT2D eigenvalue weighted by molar-refractivity contribution is -0.192. The minimum atomic E-state index is -5.08. The Bertz CT molecular complexity index is 2820. The van der Waals surface area contributed by atoms with Gasteiger partial charge in [0, 0.05) is 31.3 Å². The van der Waals surface area contributed by atoms with E-state index in [4.69, 9.17) is 29.6 Å². The second-order valence-electron chi connectivity index (χ2n) is 17.4. The summed E-state index contributed by atoms with van der Waals surface area (Å²) < 4.78 is 36.5. The number of alkyl carbamates (subject to hydrolysis) is 1. The molecule has 2 aliphatic heterocycles. The molecule has 6 aromatic rings. The van der Waals surface area contributed by atoms with Gasteiger partial charge in [-0.2, -0.15) is 13.2 Å². The van der Waals surface area contributed by atoms with Gasteiger partial charge < -0.3 is 40.0 Å². The van der Waals surface area contributed by atoms with Crippen LogP contribution in [0.15, 0.2) is 91.4 Å². The molecular formula is C49H53F3N10O8. The van der Waals surface area contributed by atoms with Crippen molar-refractivity contribution in [1.29, 1.82) is 0 Å². The number of ether oxygens (including phenoxy) is 1. The van der Waals surface area contributed by atoms with Gasteiger partial charge in [0.05, 0.1) is 65.9 Å². The summed E-state index contributed by atoms with van der Waals surface area (Å²) in [5, 5.41) is 19.7. The Hall–Kier alpha value is -7.84. The number of hydrogen-bond acceptors (Lipinski definition) is 10. The van der Waals surface area contributed by atoms with Gasteiger partial charge in [-0.05, 0) is 67.7 Å². The third-order valence-electron chi connectivity index (χ3n) is 12.5. The maximum atomic E-state index is 14.0. The molecule has 0 bridgehead atoms. The summed E-state index contributed by atoms with van der Waals surface area (Å²) in [7, 11) is 2.74. The first-order chi connectivity index (χ1) is 33.4. The minimum Gasteiger partial charge on any atom is -0.475 e. The van der Waals surface area contributed by atoms with E-state index < -0.39 is 36.4 Å². The zero-order valence-corrected chi connectivity index (χ0v) is 38.8. The molecular weight excluding hydrogens is 914 g/mol. The highest BCUT2D eigenvalue weighted by Crippen LogP contribution is 2.35. The molecule has 5 heterocycles. The number of carbonyl (C=O) groups excluding carboxylic acids is 3. The molecule has 0 unspecified atom stereocenters. The average molecular weight is 967 g/mol. The van der Waals surface area contributed by atoms with Crippen LogP contribution in [0.25, 0.3) is 44.8 Å². The molecule has 4 amide bonds. The normalized spacial score (nSPS) is 16.6. The zero-order chi connectivity index (χ0) is 50.3. The van der Waals surface area contributed by atoms with E-state index in [1.54, 1.807) is 28.4 Å². The van der Waals surface area contributed by atoms with Gasteiger partial charge >= 0.3 is 24.3 Å². The first-order valence-corrected chi connectivity index (χ1v) is 22.7. The molecule has 0 spiro atoms. The number of aryl methyl sites for hydroxylation is 1. The molecule has 2 aliphatic rings. The third-order valence-corrected chi connectivity index (χ3v) is 12.5. The van der Waals surface area contributed by atoms with Crippen LogP contribution in [0.1, 0.15) is 75.2 Å². The van der Waals surface area contributed by atoms with Crippen molar-refractivity contribution in [1.82, 2.24) is 49.9 Å². The number of nitrogens with zero attached hydrogens (tertiary/aromatic N) is 7. The SMILES string of the molecule is COC(=O)N[C@H](C(=O)N1CCC[C@H]1c1ncc(-c2ccc(-c3cnc4cc(-c5cnc([C@@H]6CCCN6C(=O)[C@H](CCc6ccccc6)N(C)C(=O)O)[nH]5)ccc4n3)cc2)[nH]1)C(C)C.O=C(O)C(F)(F)F. The third kappa shape index (κ3) is 11.5. The Kier molecular flexibility index (Phi) is 15.5. The number of halogens is 3. The van der Waals surface area contributed by atoms with E-state index in [-0.39, 0.29) is 29.8 Å². The van der Waals surface area contributed by atoms with Gasteiger partial charge in [-0.15, -0.1) is 0 Å². The quantitative estimate of drug-likeness (QED) is 0.0739. The lowest BCUT2D eigenvalue weighted by Crippen LogP contribution is -2.51. The second-order valence-corrected chi connectivity index (χ2v) is 17.4. The Morgan fingerprint density at radius 2 is 1.34 bits per heavy atom. The van der Waals surface area contributed by atoms with Crippen LogP contribution >= 0.6 is 0 Å². The predicted molar refractivity (Wildman–Crippen MR) is 250 cm³/mol. The van der Waals surface area contributed by atoms with Crippen molar-refractivity contribution in [2.75, 3.05) is 27.2 Å². The number of aromatic nitrogens is 6. The molecule has 0 radical (unpaired) electrons. The van der Waals surface area contributed by atoms with Crippen molar-refractivity contribution >= 4 is 41.0 Å². The van der Waals surface area contributed by atoms with Gasteiger partial charge in [-0.3, -0.25) is 19.5 Å². The van der Waals surface area contributed by atoms with Crippen LogP contribution in [0, 0.1) is 5.92 Å². The van der Waals surface area contributed by atoms with Crippen molar-refractivity contribution in [2.45, 2.75) is 82.7 Å². The fourth-order valence-electron chi connectivity index (χ4n) is 8.71. The van der Waals surface area contributed by atoms with Gasteiger partial charge in [0.25, 0.3) is 0 Å². The predicted octanol–water partition coefficient (Wildman–Crippen LogP) is 8.03. The van der Waals surface area contributed by atoms with E-state index in [0.29, 0.717) is 43.1 Å². The molecule has 18 nitrogen and oxygen atoms in total. The molecule has 3 aromatic heterocycles. The fraction of sp³-hybridized carbons (Fsp3) is 0.367. The van der Waals surface area contributed by atoms with E-state index in [2.05, 4.69) is 20.3 Å². The number of methoxy groups -OCH3 is 1. The Balaban J connectivity index is 0.000000959. The lowest BCUT2D eigenvalue weighted by atomic mass is 10.0. The van der Waals surface area contributed by atoms with Crippen LogP contribution in [-0.4, -0.2) is 130 Å². The molecule has 70 heavy (non-hydrogen) atoms. The van der Waals surface area contributed by atoms with Gasteiger partial charge in [-0.1, -0.05) is 74.5 Å². The van der Waals surface area contributed by atoms with Crippen LogP contribution in [0.5, 0.6) is 0 Å². The maximum absolute atomic E-state index is 14.0. The summed E-state index contributed by atoms with van der Waals surface area (Å²) >= 11 is 0. The van der Waals surface area contributed by atoms with E-state index >= 15 is 0 Å². The summed E-state index contributed by atoms with van der Waals surface area (Å²) in [6.07, 6.45) is 2.49. The number of aromatic amines is 2. The molecule has 0 aliphatic carbocycles. The number of H-pyrrole nitrogens is 2. The molecule has 21 heteroatoms. The number of rotatable bonds is 13. The highest BCUT2D eigenvalue weighted by molar-refractivity contribution is 5.87. The Labute approximate surface area is 400 Å². The lowest BCUT2D eigenvalue weighted by Gasteiger charge is -2.31. The van der Waals surface area contributed by atoms with Crippen LogP contribution in [-0.2, 0) is 25.5 Å². The monoisotopic (exact) mass is 966 g/mol. The van der Waals surface area contributed by atoms with Gasteiger partial charge in [0.1, 0.15) is 23.7 Å². The van der Waals surface area contributed by atoms with E-state index in [1.165, 1.54) is 14.2 Å². The zero-order valence-electron chi connectivity index (χ0n) is 38.8. The molecule has 0 saturated carbocycles. The highest BCUT2D eigenvalue weighted by Gasteiger charge is 2.40. The van der Waals surface area contributed by atoms with E-state index in [9.17, 15) is 37.5 Å².